The third-order valence-corrected chi connectivity index (χ3v) is 6.17. The summed E-state index contributed by atoms with van der Waals surface area (Å²) < 4.78 is 22.3. The molecule has 0 aromatic heterocycles. The van der Waals surface area contributed by atoms with Crippen LogP contribution >= 0.6 is 33.9 Å². The summed E-state index contributed by atoms with van der Waals surface area (Å²) in [6.07, 6.45) is 2.64. The van der Waals surface area contributed by atoms with Crippen LogP contribution in [0.25, 0.3) is 0 Å². The van der Waals surface area contributed by atoms with Crippen molar-refractivity contribution in [3.63, 3.8) is 0 Å². The van der Waals surface area contributed by atoms with E-state index >= 15 is 0 Å². The predicted octanol–water partition coefficient (Wildman–Crippen LogP) is 3.98. The molecule has 0 amide bonds. The largest absolute Gasteiger partial charge is 0.233 e. The summed E-state index contributed by atoms with van der Waals surface area (Å²) in [5.41, 5.74) is 1.17. The van der Waals surface area contributed by atoms with Crippen LogP contribution in [0.2, 0.25) is 10.0 Å². The van der Waals surface area contributed by atoms with E-state index in [-0.39, 0.29) is 16.6 Å². The van der Waals surface area contributed by atoms with Crippen molar-refractivity contribution in [1.29, 1.82) is 0 Å². The van der Waals surface area contributed by atoms with E-state index in [1.54, 1.807) is 6.07 Å². The maximum Gasteiger partial charge on any atom is 0.233 e. The van der Waals surface area contributed by atoms with E-state index in [0.717, 1.165) is 24.8 Å². The molecule has 3 aliphatic carbocycles. The van der Waals surface area contributed by atoms with Gasteiger partial charge in [-0.05, 0) is 47.8 Å². The van der Waals surface area contributed by atoms with E-state index in [0.29, 0.717) is 10.0 Å². The average Bonchev–Trinajstić information content (AvgIpc) is 2.12. The number of rotatable bonds is 3. The molecule has 0 radical (unpaired) electrons. The molecule has 2 bridgehead atoms. The molecule has 3 saturated carbocycles. The molecule has 4 rings (SSSR count). The second kappa shape index (κ2) is 3.78. The normalized spacial score (nSPS) is 33.7. The van der Waals surface area contributed by atoms with Crippen LogP contribution < -0.4 is 0 Å². The zero-order valence-electron chi connectivity index (χ0n) is 9.42. The molecule has 1 aromatic carbocycles. The van der Waals surface area contributed by atoms with Gasteiger partial charge in [0.05, 0.1) is 15.8 Å². The lowest BCUT2D eigenvalue weighted by atomic mass is 9.34. The van der Waals surface area contributed by atoms with Crippen molar-refractivity contribution >= 4 is 42.9 Å². The molecule has 0 N–H and O–H groups in total. The molecule has 3 aliphatic rings. The standard InChI is InChI=1S/C12H11Cl3O2S/c13-9-2-1-8(3-10(9)14)12-4-11(5-12,6-12)7-18(15,16)17/h1-3H,4-7H2. The van der Waals surface area contributed by atoms with Gasteiger partial charge in [-0.1, -0.05) is 29.3 Å². The van der Waals surface area contributed by atoms with Crippen molar-refractivity contribution < 1.29 is 8.42 Å². The SMILES string of the molecule is O=S(=O)(Cl)CC12CC(c3ccc(Cl)c(Cl)c3)(C1)C2. The Morgan fingerprint density at radius 1 is 1.11 bits per heavy atom. The molecule has 6 heteroatoms. The van der Waals surface area contributed by atoms with Crippen LogP contribution in [0.4, 0.5) is 0 Å². The highest BCUT2D eigenvalue weighted by Crippen LogP contribution is 2.74. The van der Waals surface area contributed by atoms with Gasteiger partial charge in [0.2, 0.25) is 9.05 Å². The zero-order valence-corrected chi connectivity index (χ0v) is 12.5. The van der Waals surface area contributed by atoms with E-state index in [1.165, 1.54) is 0 Å². The van der Waals surface area contributed by atoms with Crippen molar-refractivity contribution in [2.24, 2.45) is 5.41 Å². The minimum Gasteiger partial charge on any atom is -0.212 e. The quantitative estimate of drug-likeness (QED) is 0.788. The van der Waals surface area contributed by atoms with E-state index in [4.69, 9.17) is 33.9 Å². The van der Waals surface area contributed by atoms with E-state index in [1.807, 2.05) is 12.1 Å². The van der Waals surface area contributed by atoms with Crippen molar-refractivity contribution in [1.82, 2.24) is 0 Å². The molecule has 98 valence electrons. The number of halogens is 3. The first-order chi connectivity index (χ1) is 8.24. The van der Waals surface area contributed by atoms with Crippen LogP contribution in [-0.4, -0.2) is 14.2 Å². The van der Waals surface area contributed by atoms with Crippen molar-refractivity contribution in [2.75, 3.05) is 5.75 Å². The summed E-state index contributed by atoms with van der Waals surface area (Å²) in [6, 6.07) is 5.67. The summed E-state index contributed by atoms with van der Waals surface area (Å²) in [6.45, 7) is 0. The van der Waals surface area contributed by atoms with Crippen LogP contribution in [0.5, 0.6) is 0 Å². The van der Waals surface area contributed by atoms with E-state index < -0.39 is 9.05 Å². The highest BCUT2D eigenvalue weighted by atomic mass is 35.7. The van der Waals surface area contributed by atoms with Crippen LogP contribution in [-0.2, 0) is 14.5 Å². The van der Waals surface area contributed by atoms with Gasteiger partial charge in [0.15, 0.2) is 0 Å². The molecule has 2 nitrogen and oxygen atoms in total. The monoisotopic (exact) mass is 324 g/mol. The lowest BCUT2D eigenvalue weighted by Gasteiger charge is -2.71. The Morgan fingerprint density at radius 3 is 2.22 bits per heavy atom. The smallest absolute Gasteiger partial charge is 0.212 e. The fourth-order valence-electron chi connectivity index (χ4n) is 3.65. The van der Waals surface area contributed by atoms with Crippen molar-refractivity contribution in [3.8, 4) is 0 Å². The van der Waals surface area contributed by atoms with Gasteiger partial charge in [-0.2, -0.15) is 0 Å². The lowest BCUT2D eigenvalue weighted by Crippen LogP contribution is -2.66. The van der Waals surface area contributed by atoms with Crippen molar-refractivity contribution in [2.45, 2.75) is 24.7 Å². The maximum atomic E-state index is 11.1. The molecule has 0 heterocycles. The zero-order chi connectivity index (χ0) is 13.2. The van der Waals surface area contributed by atoms with Gasteiger partial charge in [-0.15, -0.1) is 0 Å². The van der Waals surface area contributed by atoms with Gasteiger partial charge in [-0.25, -0.2) is 8.42 Å². The maximum absolute atomic E-state index is 11.1. The van der Waals surface area contributed by atoms with Gasteiger partial charge < -0.3 is 0 Å². The fourth-order valence-corrected chi connectivity index (χ4v) is 5.68. The Kier molecular flexibility index (Phi) is 2.74. The van der Waals surface area contributed by atoms with Gasteiger partial charge in [-0.3, -0.25) is 0 Å². The summed E-state index contributed by atoms with van der Waals surface area (Å²) >= 11 is 11.9. The Balaban J connectivity index is 1.78. The summed E-state index contributed by atoms with van der Waals surface area (Å²) in [4.78, 5) is 0. The van der Waals surface area contributed by atoms with Crippen LogP contribution in [0, 0.1) is 5.41 Å². The molecule has 1 aromatic rings. The van der Waals surface area contributed by atoms with Gasteiger partial charge >= 0.3 is 0 Å². The van der Waals surface area contributed by atoms with E-state index in [9.17, 15) is 8.42 Å². The number of benzene rings is 1. The van der Waals surface area contributed by atoms with Crippen molar-refractivity contribution in [3.05, 3.63) is 33.8 Å². The Bertz CT molecular complexity index is 604. The fraction of sp³-hybridized carbons (Fsp3) is 0.500. The molecular formula is C12H11Cl3O2S. The second-order valence-corrected chi connectivity index (χ2v) is 9.21. The lowest BCUT2D eigenvalue weighted by molar-refractivity contribution is -0.122. The second-order valence-electron chi connectivity index (χ2n) is 5.62. The van der Waals surface area contributed by atoms with Crippen LogP contribution in [0.15, 0.2) is 18.2 Å². The summed E-state index contributed by atoms with van der Waals surface area (Å²) in [7, 11) is 1.92. The predicted molar refractivity (Wildman–Crippen MR) is 74.1 cm³/mol. The van der Waals surface area contributed by atoms with Gasteiger partial charge in [0.25, 0.3) is 0 Å². The Hall–Kier alpha value is 0.0400. The molecule has 0 aliphatic heterocycles. The first-order valence-electron chi connectivity index (χ1n) is 5.62. The minimum atomic E-state index is -3.40. The highest BCUT2D eigenvalue weighted by molar-refractivity contribution is 8.13. The number of hydrogen-bond acceptors (Lipinski definition) is 2. The molecule has 0 spiro atoms. The molecule has 0 saturated heterocycles. The van der Waals surface area contributed by atoms with Gasteiger partial charge in [0.1, 0.15) is 0 Å². The average molecular weight is 326 g/mol. The first-order valence-corrected chi connectivity index (χ1v) is 8.85. The highest BCUT2D eigenvalue weighted by Gasteiger charge is 2.69. The molecular weight excluding hydrogens is 315 g/mol. The van der Waals surface area contributed by atoms with E-state index in [2.05, 4.69) is 0 Å². The van der Waals surface area contributed by atoms with Gasteiger partial charge in [0, 0.05) is 10.7 Å². The topological polar surface area (TPSA) is 34.1 Å². The molecule has 18 heavy (non-hydrogen) atoms. The van der Waals surface area contributed by atoms with Crippen LogP contribution in [0.1, 0.15) is 24.8 Å². The summed E-state index contributed by atoms with van der Waals surface area (Å²) in [5, 5.41) is 1.10. The first kappa shape index (κ1) is 13.0. The number of hydrogen-bond donors (Lipinski definition) is 0. The molecule has 0 unspecified atom stereocenters. The summed E-state index contributed by atoms with van der Waals surface area (Å²) in [5.74, 6) is 0.0879. The molecule has 3 fully saturated rings. The third kappa shape index (κ3) is 1.96. The Labute approximate surface area is 121 Å². The molecule has 0 atom stereocenters. The minimum absolute atomic E-state index is 0.0879. The third-order valence-electron chi connectivity index (χ3n) is 4.15. The Morgan fingerprint density at radius 2 is 1.72 bits per heavy atom. The van der Waals surface area contributed by atoms with Crippen LogP contribution in [0.3, 0.4) is 0 Å².